The van der Waals surface area contributed by atoms with Crippen LogP contribution in [0.25, 0.3) is 0 Å². The first-order chi connectivity index (χ1) is 9.79. The van der Waals surface area contributed by atoms with Gasteiger partial charge < -0.3 is 15.4 Å². The van der Waals surface area contributed by atoms with E-state index >= 15 is 0 Å². The summed E-state index contributed by atoms with van der Waals surface area (Å²) in [6, 6.07) is 0. The summed E-state index contributed by atoms with van der Waals surface area (Å²) in [5.74, 6) is -0.150. The smallest absolute Gasteiger partial charge is 0.282 e. The van der Waals surface area contributed by atoms with E-state index in [-0.39, 0.29) is 5.91 Å². The summed E-state index contributed by atoms with van der Waals surface area (Å²) in [4.78, 5) is 11.9. The Kier molecular flexibility index (Phi) is 6.20. The van der Waals surface area contributed by atoms with Crippen molar-refractivity contribution in [1.29, 1.82) is 0 Å². The number of aromatic nitrogens is 2. The molecule has 1 unspecified atom stereocenters. The number of hydrogen-bond acceptors (Lipinski definition) is 6. The topological polar surface area (TPSA) is 76.1 Å². The molecule has 1 aliphatic heterocycles. The van der Waals surface area contributed by atoms with E-state index in [1.54, 1.807) is 0 Å². The molecular formula is C13H22N4O2S. The molecule has 0 spiro atoms. The van der Waals surface area contributed by atoms with Crippen molar-refractivity contribution < 1.29 is 9.53 Å². The molecule has 0 bridgehead atoms. The van der Waals surface area contributed by atoms with Gasteiger partial charge in [-0.05, 0) is 32.1 Å². The molecule has 2 N–H and O–H groups in total. The zero-order valence-electron chi connectivity index (χ0n) is 11.9. The van der Waals surface area contributed by atoms with Gasteiger partial charge in [0.15, 0.2) is 0 Å². The summed E-state index contributed by atoms with van der Waals surface area (Å²) < 4.78 is 5.63. The molecule has 1 amide bonds. The van der Waals surface area contributed by atoms with Crippen LogP contribution in [0.5, 0.6) is 0 Å². The number of hydrogen-bond donors (Lipinski definition) is 2. The maximum Gasteiger partial charge on any atom is 0.282 e. The van der Waals surface area contributed by atoms with Crippen molar-refractivity contribution >= 4 is 22.4 Å². The van der Waals surface area contributed by atoms with Gasteiger partial charge in [0.25, 0.3) is 5.91 Å². The number of rotatable bonds is 7. The van der Waals surface area contributed by atoms with Crippen LogP contribution in [0.15, 0.2) is 0 Å². The highest BCUT2D eigenvalue weighted by molar-refractivity contribution is 7.17. The Hall–Kier alpha value is -1.21. The Balaban J connectivity index is 1.69. The Morgan fingerprint density at radius 2 is 2.30 bits per heavy atom. The van der Waals surface area contributed by atoms with Crippen LogP contribution in [0.1, 0.15) is 48.8 Å². The van der Waals surface area contributed by atoms with Gasteiger partial charge in [-0.15, -0.1) is 10.2 Å². The van der Waals surface area contributed by atoms with Crippen LogP contribution < -0.4 is 10.6 Å². The average Bonchev–Trinajstić information content (AvgIpc) is 2.95. The number of carbonyl (C=O) groups is 1. The standard InChI is InChI=1S/C13H22N4O2S/c1-2-7-15-13-17-16-12(20-13)11(18)14-8-6-10-5-3-4-9-19-10/h10H,2-9H2,1H3,(H,14,18)(H,15,17). The lowest BCUT2D eigenvalue weighted by atomic mass is 10.1. The van der Waals surface area contributed by atoms with Crippen molar-refractivity contribution in [2.45, 2.75) is 45.1 Å². The number of nitrogens with one attached hydrogen (secondary N) is 2. The third kappa shape index (κ3) is 4.72. The monoisotopic (exact) mass is 298 g/mol. The third-order valence-corrected chi connectivity index (χ3v) is 4.05. The summed E-state index contributed by atoms with van der Waals surface area (Å²) in [5, 5.41) is 15.0. The first-order valence-corrected chi connectivity index (χ1v) is 8.08. The third-order valence-electron chi connectivity index (χ3n) is 3.17. The molecule has 7 heteroatoms. The minimum atomic E-state index is -0.150. The molecule has 0 aromatic carbocycles. The molecule has 1 aromatic rings. The van der Waals surface area contributed by atoms with Crippen molar-refractivity contribution in [1.82, 2.24) is 15.5 Å². The summed E-state index contributed by atoms with van der Waals surface area (Å²) in [5.41, 5.74) is 0. The quantitative estimate of drug-likeness (QED) is 0.805. The summed E-state index contributed by atoms with van der Waals surface area (Å²) in [6.07, 6.45) is 5.65. The number of anilines is 1. The molecule has 0 saturated carbocycles. The van der Waals surface area contributed by atoms with Crippen molar-refractivity contribution in [2.24, 2.45) is 0 Å². The van der Waals surface area contributed by atoms with Gasteiger partial charge in [-0.25, -0.2) is 0 Å². The molecule has 1 aliphatic rings. The SMILES string of the molecule is CCCNc1nnc(C(=O)NCCC2CCCCO2)s1. The molecule has 2 rings (SSSR count). The van der Waals surface area contributed by atoms with Gasteiger partial charge in [0.1, 0.15) is 0 Å². The molecule has 112 valence electrons. The number of carbonyl (C=O) groups excluding carboxylic acids is 1. The average molecular weight is 298 g/mol. The van der Waals surface area contributed by atoms with Crippen LogP contribution in [-0.2, 0) is 4.74 Å². The Morgan fingerprint density at radius 3 is 3.05 bits per heavy atom. The van der Waals surface area contributed by atoms with E-state index in [2.05, 4.69) is 27.8 Å². The normalized spacial score (nSPS) is 18.8. The van der Waals surface area contributed by atoms with Gasteiger partial charge in [0.2, 0.25) is 10.1 Å². The highest BCUT2D eigenvalue weighted by Crippen LogP contribution is 2.16. The first kappa shape index (κ1) is 15.2. The van der Waals surface area contributed by atoms with Crippen molar-refractivity contribution in [3.63, 3.8) is 0 Å². The second-order valence-electron chi connectivity index (χ2n) is 4.87. The van der Waals surface area contributed by atoms with Gasteiger partial charge >= 0.3 is 0 Å². The highest BCUT2D eigenvalue weighted by Gasteiger charge is 2.15. The van der Waals surface area contributed by atoms with E-state index in [9.17, 15) is 4.79 Å². The second kappa shape index (κ2) is 8.16. The highest BCUT2D eigenvalue weighted by atomic mass is 32.1. The fourth-order valence-corrected chi connectivity index (χ4v) is 2.76. The van der Waals surface area contributed by atoms with Crippen LogP contribution in [-0.4, -0.2) is 41.9 Å². The number of amides is 1. The fraction of sp³-hybridized carbons (Fsp3) is 0.769. The van der Waals surface area contributed by atoms with Crippen molar-refractivity contribution in [3.8, 4) is 0 Å². The summed E-state index contributed by atoms with van der Waals surface area (Å²) in [7, 11) is 0. The minimum absolute atomic E-state index is 0.150. The number of nitrogens with zero attached hydrogens (tertiary/aromatic N) is 2. The molecule has 6 nitrogen and oxygen atoms in total. The van der Waals surface area contributed by atoms with Crippen LogP contribution in [0.2, 0.25) is 0 Å². The molecule has 20 heavy (non-hydrogen) atoms. The number of ether oxygens (including phenoxy) is 1. The van der Waals surface area contributed by atoms with E-state index in [1.165, 1.54) is 17.8 Å². The predicted octanol–water partition coefficient (Wildman–Crippen LogP) is 2.05. The van der Waals surface area contributed by atoms with Crippen molar-refractivity contribution in [2.75, 3.05) is 25.0 Å². The molecule has 1 saturated heterocycles. The van der Waals surface area contributed by atoms with Crippen LogP contribution >= 0.6 is 11.3 Å². The van der Waals surface area contributed by atoms with E-state index in [0.29, 0.717) is 22.8 Å². The van der Waals surface area contributed by atoms with Gasteiger partial charge in [0.05, 0.1) is 6.10 Å². The lowest BCUT2D eigenvalue weighted by Gasteiger charge is -2.22. The molecule has 0 radical (unpaired) electrons. The molecule has 1 aromatic heterocycles. The van der Waals surface area contributed by atoms with Gasteiger partial charge in [-0.2, -0.15) is 0 Å². The van der Waals surface area contributed by atoms with E-state index < -0.39 is 0 Å². The maximum atomic E-state index is 11.9. The van der Waals surface area contributed by atoms with Crippen LogP contribution in [0.4, 0.5) is 5.13 Å². The van der Waals surface area contributed by atoms with Gasteiger partial charge in [0, 0.05) is 19.7 Å². The predicted molar refractivity (Wildman–Crippen MR) is 79.2 cm³/mol. The molecular weight excluding hydrogens is 276 g/mol. The Labute approximate surface area is 123 Å². The lowest BCUT2D eigenvalue weighted by molar-refractivity contribution is 0.0117. The van der Waals surface area contributed by atoms with Crippen LogP contribution in [0, 0.1) is 0 Å². The molecule has 0 aliphatic carbocycles. The zero-order valence-corrected chi connectivity index (χ0v) is 12.7. The van der Waals surface area contributed by atoms with E-state index in [1.807, 2.05) is 0 Å². The lowest BCUT2D eigenvalue weighted by Crippen LogP contribution is -2.29. The summed E-state index contributed by atoms with van der Waals surface area (Å²) in [6.45, 7) is 4.40. The maximum absolute atomic E-state index is 11.9. The zero-order chi connectivity index (χ0) is 14.2. The second-order valence-corrected chi connectivity index (χ2v) is 5.85. The van der Waals surface area contributed by atoms with Gasteiger partial charge in [-0.3, -0.25) is 4.79 Å². The minimum Gasteiger partial charge on any atom is -0.378 e. The Morgan fingerprint density at radius 1 is 1.40 bits per heavy atom. The largest absolute Gasteiger partial charge is 0.378 e. The first-order valence-electron chi connectivity index (χ1n) is 7.26. The van der Waals surface area contributed by atoms with E-state index in [4.69, 9.17) is 4.74 Å². The van der Waals surface area contributed by atoms with Crippen molar-refractivity contribution in [3.05, 3.63) is 5.01 Å². The Bertz CT molecular complexity index is 418. The molecule has 1 atom stereocenters. The van der Waals surface area contributed by atoms with Crippen LogP contribution in [0.3, 0.4) is 0 Å². The van der Waals surface area contributed by atoms with Gasteiger partial charge in [-0.1, -0.05) is 18.3 Å². The summed E-state index contributed by atoms with van der Waals surface area (Å²) >= 11 is 1.29. The van der Waals surface area contributed by atoms with E-state index in [0.717, 1.165) is 38.8 Å². The molecule has 2 heterocycles. The molecule has 1 fully saturated rings. The fourth-order valence-electron chi connectivity index (χ4n) is 2.08.